The molecule has 3 rings (SSSR count). The molecule has 0 heterocycles. The van der Waals surface area contributed by atoms with E-state index in [1.807, 2.05) is 30.3 Å². The van der Waals surface area contributed by atoms with Crippen LogP contribution < -0.4 is 9.04 Å². The third kappa shape index (κ3) is 4.41. The molecule has 0 aliphatic carbocycles. The highest BCUT2D eigenvalue weighted by atomic mass is 32.2. The van der Waals surface area contributed by atoms with E-state index in [0.29, 0.717) is 17.0 Å². The van der Waals surface area contributed by atoms with Gasteiger partial charge in [0.05, 0.1) is 29.8 Å². The van der Waals surface area contributed by atoms with Crippen LogP contribution in [0.2, 0.25) is 0 Å². The summed E-state index contributed by atoms with van der Waals surface area (Å²) in [5.41, 5.74) is 1.82. The Balaban J connectivity index is 2.09. The minimum atomic E-state index is -3.90. The molecule has 7 heteroatoms. The van der Waals surface area contributed by atoms with Crippen LogP contribution in [0.3, 0.4) is 0 Å². The van der Waals surface area contributed by atoms with Crippen molar-refractivity contribution >= 4 is 21.7 Å². The normalized spacial score (nSPS) is 11.1. The lowest BCUT2D eigenvalue weighted by Gasteiger charge is -2.25. The zero-order chi connectivity index (χ0) is 21.0. The van der Waals surface area contributed by atoms with Crippen molar-refractivity contribution in [2.24, 2.45) is 0 Å². The SMILES string of the molecule is COc1ccc(S(=O)(=O)N(Cc2ccccc2)c2ccc(C(=O)O)c(C)c2)cc1. The van der Waals surface area contributed by atoms with E-state index in [4.69, 9.17) is 4.74 Å². The van der Waals surface area contributed by atoms with Crippen LogP contribution in [0.1, 0.15) is 21.5 Å². The van der Waals surface area contributed by atoms with Gasteiger partial charge in [-0.25, -0.2) is 13.2 Å². The van der Waals surface area contributed by atoms with Crippen LogP contribution in [0.15, 0.2) is 77.7 Å². The summed E-state index contributed by atoms with van der Waals surface area (Å²) < 4.78 is 33.3. The molecule has 0 saturated carbocycles. The zero-order valence-corrected chi connectivity index (χ0v) is 16.9. The van der Waals surface area contributed by atoms with Crippen molar-refractivity contribution in [1.82, 2.24) is 0 Å². The number of anilines is 1. The Morgan fingerprint density at radius 2 is 1.66 bits per heavy atom. The molecule has 6 nitrogen and oxygen atoms in total. The minimum Gasteiger partial charge on any atom is -0.497 e. The fourth-order valence-corrected chi connectivity index (χ4v) is 4.43. The molecular formula is C22H21NO5S. The van der Waals surface area contributed by atoms with Crippen molar-refractivity contribution in [3.05, 3.63) is 89.5 Å². The number of methoxy groups -OCH3 is 1. The summed E-state index contributed by atoms with van der Waals surface area (Å²) in [5.74, 6) is -0.498. The number of benzene rings is 3. The number of carboxylic acid groups (broad SMARTS) is 1. The van der Waals surface area contributed by atoms with Gasteiger partial charge in [-0.05, 0) is 60.5 Å². The highest BCUT2D eigenvalue weighted by molar-refractivity contribution is 7.92. The van der Waals surface area contributed by atoms with Gasteiger partial charge >= 0.3 is 5.97 Å². The van der Waals surface area contributed by atoms with Gasteiger partial charge < -0.3 is 9.84 Å². The first-order valence-electron chi connectivity index (χ1n) is 8.87. The highest BCUT2D eigenvalue weighted by Crippen LogP contribution is 2.28. The van der Waals surface area contributed by atoms with Crippen molar-refractivity contribution in [3.8, 4) is 5.75 Å². The van der Waals surface area contributed by atoms with Crippen LogP contribution >= 0.6 is 0 Å². The number of carboxylic acids is 1. The average molecular weight is 411 g/mol. The van der Waals surface area contributed by atoms with Gasteiger partial charge in [0, 0.05) is 0 Å². The lowest BCUT2D eigenvalue weighted by Crippen LogP contribution is -2.30. The summed E-state index contributed by atoms with van der Waals surface area (Å²) in [6, 6.07) is 19.9. The molecule has 0 aliphatic heterocycles. The topological polar surface area (TPSA) is 83.9 Å². The van der Waals surface area contributed by atoms with E-state index in [-0.39, 0.29) is 17.0 Å². The lowest BCUT2D eigenvalue weighted by molar-refractivity contribution is 0.0696. The molecule has 3 aromatic rings. The Morgan fingerprint density at radius 3 is 2.21 bits per heavy atom. The quantitative estimate of drug-likeness (QED) is 0.633. The number of ether oxygens (including phenoxy) is 1. The molecule has 150 valence electrons. The van der Waals surface area contributed by atoms with Crippen LogP contribution in [-0.2, 0) is 16.6 Å². The van der Waals surface area contributed by atoms with Gasteiger partial charge in [-0.1, -0.05) is 30.3 Å². The van der Waals surface area contributed by atoms with Crippen LogP contribution in [0.25, 0.3) is 0 Å². The van der Waals surface area contributed by atoms with Crippen LogP contribution in [-0.4, -0.2) is 26.6 Å². The van der Waals surface area contributed by atoms with Crippen molar-refractivity contribution in [1.29, 1.82) is 0 Å². The van der Waals surface area contributed by atoms with Gasteiger partial charge in [0.2, 0.25) is 0 Å². The van der Waals surface area contributed by atoms with Gasteiger partial charge in [-0.2, -0.15) is 0 Å². The molecule has 3 aromatic carbocycles. The van der Waals surface area contributed by atoms with Crippen molar-refractivity contribution in [2.45, 2.75) is 18.4 Å². The molecule has 0 spiro atoms. The maximum absolute atomic E-state index is 13.4. The number of hydrogen-bond acceptors (Lipinski definition) is 4. The molecular weight excluding hydrogens is 390 g/mol. The summed E-state index contributed by atoms with van der Waals surface area (Å²) in [6.45, 7) is 1.76. The summed E-state index contributed by atoms with van der Waals surface area (Å²) in [6.07, 6.45) is 0. The van der Waals surface area contributed by atoms with Crippen LogP contribution in [0.4, 0.5) is 5.69 Å². The number of nitrogens with zero attached hydrogens (tertiary/aromatic N) is 1. The van der Waals surface area contributed by atoms with Gasteiger partial charge in [-0.15, -0.1) is 0 Å². The molecule has 1 N–H and O–H groups in total. The van der Waals surface area contributed by atoms with E-state index in [9.17, 15) is 18.3 Å². The third-order valence-electron chi connectivity index (χ3n) is 4.54. The third-order valence-corrected chi connectivity index (χ3v) is 6.33. The molecule has 0 amide bonds. The molecule has 0 saturated heterocycles. The zero-order valence-electron chi connectivity index (χ0n) is 16.1. The summed E-state index contributed by atoms with van der Waals surface area (Å²) in [7, 11) is -2.38. The smallest absolute Gasteiger partial charge is 0.335 e. The number of rotatable bonds is 7. The predicted molar refractivity (Wildman–Crippen MR) is 111 cm³/mol. The van der Waals surface area contributed by atoms with Crippen molar-refractivity contribution in [3.63, 3.8) is 0 Å². The number of aromatic carboxylic acids is 1. The number of sulfonamides is 1. The summed E-state index contributed by atoms with van der Waals surface area (Å²) in [4.78, 5) is 11.4. The van der Waals surface area contributed by atoms with E-state index in [2.05, 4.69) is 0 Å². The summed E-state index contributed by atoms with van der Waals surface area (Å²) in [5, 5.41) is 9.27. The fraction of sp³-hybridized carbons (Fsp3) is 0.136. The number of carbonyl (C=O) groups is 1. The molecule has 0 aliphatic rings. The first-order valence-corrected chi connectivity index (χ1v) is 10.3. The van der Waals surface area contributed by atoms with E-state index in [1.165, 1.54) is 35.7 Å². The molecule has 0 atom stereocenters. The largest absolute Gasteiger partial charge is 0.497 e. The fourth-order valence-electron chi connectivity index (χ4n) is 2.98. The molecule has 0 fully saturated rings. The van der Waals surface area contributed by atoms with E-state index >= 15 is 0 Å². The summed E-state index contributed by atoms with van der Waals surface area (Å²) >= 11 is 0. The minimum absolute atomic E-state index is 0.112. The van der Waals surface area contributed by atoms with Crippen molar-refractivity contribution < 1.29 is 23.1 Å². The Kier molecular flexibility index (Phi) is 5.89. The Hall–Kier alpha value is -3.32. The Bertz CT molecular complexity index is 1110. The maximum atomic E-state index is 13.4. The standard InChI is InChI=1S/C22H21NO5S/c1-16-14-18(8-13-21(16)22(24)25)23(15-17-6-4-3-5-7-17)29(26,27)20-11-9-19(28-2)10-12-20/h3-14H,15H2,1-2H3,(H,24,25). The molecule has 29 heavy (non-hydrogen) atoms. The second kappa shape index (κ2) is 8.36. The highest BCUT2D eigenvalue weighted by Gasteiger charge is 2.26. The van der Waals surface area contributed by atoms with Gasteiger partial charge in [0.1, 0.15) is 5.75 Å². The number of aryl methyl sites for hydroxylation is 1. The van der Waals surface area contributed by atoms with Crippen molar-refractivity contribution in [2.75, 3.05) is 11.4 Å². The van der Waals surface area contributed by atoms with Crippen LogP contribution in [0.5, 0.6) is 5.75 Å². The van der Waals surface area contributed by atoms with E-state index in [1.54, 1.807) is 25.1 Å². The van der Waals surface area contributed by atoms with E-state index in [0.717, 1.165) is 5.56 Å². The predicted octanol–water partition coefficient (Wildman–Crippen LogP) is 4.10. The second-order valence-corrected chi connectivity index (χ2v) is 8.34. The molecule has 0 unspecified atom stereocenters. The van der Waals surface area contributed by atoms with Crippen LogP contribution in [0, 0.1) is 6.92 Å². The molecule has 0 bridgehead atoms. The molecule has 0 radical (unpaired) electrons. The number of hydrogen-bond donors (Lipinski definition) is 1. The maximum Gasteiger partial charge on any atom is 0.335 e. The lowest BCUT2D eigenvalue weighted by atomic mass is 10.1. The van der Waals surface area contributed by atoms with Gasteiger partial charge in [-0.3, -0.25) is 4.31 Å². The Labute approximate surface area is 170 Å². The van der Waals surface area contributed by atoms with Gasteiger partial charge in [0.25, 0.3) is 10.0 Å². The van der Waals surface area contributed by atoms with Gasteiger partial charge in [0.15, 0.2) is 0 Å². The second-order valence-electron chi connectivity index (χ2n) is 6.48. The molecule has 0 aromatic heterocycles. The monoisotopic (exact) mass is 411 g/mol. The first-order chi connectivity index (χ1) is 13.8. The average Bonchev–Trinajstić information content (AvgIpc) is 2.72. The Morgan fingerprint density at radius 1 is 1.00 bits per heavy atom. The first kappa shape index (κ1) is 20.4. The van der Waals surface area contributed by atoms with E-state index < -0.39 is 16.0 Å².